The molecule has 0 fully saturated rings. The fourth-order valence-electron chi connectivity index (χ4n) is 2.29. The third-order valence-electron chi connectivity index (χ3n) is 3.77. The smallest absolute Gasteiger partial charge is 0.255 e. The van der Waals surface area contributed by atoms with E-state index in [0.717, 1.165) is 16.1 Å². The van der Waals surface area contributed by atoms with E-state index in [0.29, 0.717) is 29.3 Å². The van der Waals surface area contributed by atoms with Crippen molar-refractivity contribution in [1.29, 1.82) is 0 Å². The van der Waals surface area contributed by atoms with Crippen LogP contribution in [-0.2, 0) is 10.0 Å². The predicted octanol–water partition coefficient (Wildman–Crippen LogP) is 3.21. The van der Waals surface area contributed by atoms with Crippen molar-refractivity contribution in [3.8, 4) is 5.75 Å². The lowest BCUT2D eigenvalue weighted by Crippen LogP contribution is -2.26. The first kappa shape index (κ1) is 19.5. The predicted molar refractivity (Wildman–Crippen MR) is 105 cm³/mol. The number of nitrogens with zero attached hydrogens (tertiary/aromatic N) is 1. The van der Waals surface area contributed by atoms with Crippen molar-refractivity contribution in [3.63, 3.8) is 0 Å². The van der Waals surface area contributed by atoms with Gasteiger partial charge in [-0.2, -0.15) is 0 Å². The SMILES string of the molecule is C=CCOc1cccc(NC(=O)c2ccc(C)c(N(C)S(C)(=O)=O)c2)c1. The van der Waals surface area contributed by atoms with Crippen molar-refractivity contribution < 1.29 is 17.9 Å². The van der Waals surface area contributed by atoms with E-state index in [1.807, 2.05) is 0 Å². The number of nitrogens with one attached hydrogen (secondary N) is 1. The summed E-state index contributed by atoms with van der Waals surface area (Å²) in [7, 11) is -1.96. The van der Waals surface area contributed by atoms with Crippen LogP contribution in [0.25, 0.3) is 0 Å². The summed E-state index contributed by atoms with van der Waals surface area (Å²) in [6, 6.07) is 11.9. The van der Waals surface area contributed by atoms with Crippen LogP contribution in [0.2, 0.25) is 0 Å². The quantitative estimate of drug-likeness (QED) is 0.755. The van der Waals surface area contributed by atoms with Crippen molar-refractivity contribution in [2.24, 2.45) is 0 Å². The molecule has 0 aliphatic rings. The molecule has 0 saturated heterocycles. The number of carbonyl (C=O) groups is 1. The number of hydrogen-bond acceptors (Lipinski definition) is 4. The van der Waals surface area contributed by atoms with Gasteiger partial charge in [0.25, 0.3) is 5.91 Å². The van der Waals surface area contributed by atoms with Crippen LogP contribution >= 0.6 is 0 Å². The van der Waals surface area contributed by atoms with E-state index in [9.17, 15) is 13.2 Å². The lowest BCUT2D eigenvalue weighted by atomic mass is 10.1. The fourth-order valence-corrected chi connectivity index (χ4v) is 2.84. The molecule has 138 valence electrons. The number of benzene rings is 2. The zero-order valence-corrected chi connectivity index (χ0v) is 15.8. The van der Waals surface area contributed by atoms with Gasteiger partial charge in [-0.3, -0.25) is 9.10 Å². The highest BCUT2D eigenvalue weighted by molar-refractivity contribution is 7.92. The summed E-state index contributed by atoms with van der Waals surface area (Å²) in [5.74, 6) is 0.276. The third kappa shape index (κ3) is 4.86. The average molecular weight is 374 g/mol. The third-order valence-corrected chi connectivity index (χ3v) is 4.96. The summed E-state index contributed by atoms with van der Waals surface area (Å²) in [6.07, 6.45) is 2.76. The number of amides is 1. The van der Waals surface area contributed by atoms with Gasteiger partial charge in [0.2, 0.25) is 10.0 Å². The summed E-state index contributed by atoms with van der Waals surface area (Å²) >= 11 is 0. The molecule has 0 aliphatic heterocycles. The van der Waals surface area contributed by atoms with Crippen molar-refractivity contribution in [2.45, 2.75) is 6.92 Å². The Morgan fingerprint density at radius 1 is 1.27 bits per heavy atom. The number of sulfonamides is 1. The van der Waals surface area contributed by atoms with Gasteiger partial charge in [-0.25, -0.2) is 8.42 Å². The van der Waals surface area contributed by atoms with Gasteiger partial charge in [0, 0.05) is 24.4 Å². The highest BCUT2D eigenvalue weighted by Gasteiger charge is 2.16. The van der Waals surface area contributed by atoms with Gasteiger partial charge in [0.1, 0.15) is 12.4 Å². The van der Waals surface area contributed by atoms with Crippen LogP contribution in [0.15, 0.2) is 55.1 Å². The van der Waals surface area contributed by atoms with Crippen LogP contribution in [0.5, 0.6) is 5.75 Å². The Morgan fingerprint density at radius 2 is 2.00 bits per heavy atom. The maximum absolute atomic E-state index is 12.5. The largest absolute Gasteiger partial charge is 0.489 e. The molecule has 2 aromatic carbocycles. The highest BCUT2D eigenvalue weighted by Crippen LogP contribution is 2.24. The van der Waals surface area contributed by atoms with Crippen molar-refractivity contribution in [1.82, 2.24) is 0 Å². The number of anilines is 2. The van der Waals surface area contributed by atoms with Gasteiger partial charge in [-0.15, -0.1) is 0 Å². The van der Waals surface area contributed by atoms with E-state index in [1.54, 1.807) is 55.5 Å². The second-order valence-electron chi connectivity index (χ2n) is 5.81. The summed E-state index contributed by atoms with van der Waals surface area (Å²) < 4.78 is 30.2. The minimum absolute atomic E-state index is 0.339. The standard InChI is InChI=1S/C19H22N2O4S/c1-5-11-25-17-8-6-7-16(13-17)20-19(22)15-10-9-14(2)18(12-15)21(3)26(4,23)24/h5-10,12-13H,1,11H2,2-4H3,(H,20,22). The fraction of sp³-hybridized carbons (Fsp3) is 0.211. The van der Waals surface area contributed by atoms with E-state index in [1.165, 1.54) is 7.05 Å². The van der Waals surface area contributed by atoms with Crippen molar-refractivity contribution >= 4 is 27.3 Å². The Kier molecular flexibility index (Phi) is 6.05. The summed E-state index contributed by atoms with van der Waals surface area (Å²) in [4.78, 5) is 12.5. The molecule has 0 bridgehead atoms. The lowest BCUT2D eigenvalue weighted by Gasteiger charge is -2.19. The number of carbonyl (C=O) groups excluding carboxylic acids is 1. The van der Waals surface area contributed by atoms with E-state index in [2.05, 4.69) is 11.9 Å². The Balaban J connectivity index is 2.24. The van der Waals surface area contributed by atoms with Gasteiger partial charge in [-0.05, 0) is 36.8 Å². The number of rotatable bonds is 7. The highest BCUT2D eigenvalue weighted by atomic mass is 32.2. The van der Waals surface area contributed by atoms with Crippen LogP contribution in [0.4, 0.5) is 11.4 Å². The molecule has 1 amide bonds. The Bertz CT molecular complexity index is 923. The minimum atomic E-state index is -3.42. The monoisotopic (exact) mass is 374 g/mol. The Hall–Kier alpha value is -2.80. The Labute approximate surface area is 154 Å². The van der Waals surface area contributed by atoms with E-state index >= 15 is 0 Å². The topological polar surface area (TPSA) is 75.7 Å². The molecule has 1 N–H and O–H groups in total. The van der Waals surface area contributed by atoms with Crippen LogP contribution in [0.1, 0.15) is 15.9 Å². The minimum Gasteiger partial charge on any atom is -0.489 e. The molecule has 7 heteroatoms. The van der Waals surface area contributed by atoms with Gasteiger partial charge >= 0.3 is 0 Å². The molecular formula is C19H22N2O4S. The Morgan fingerprint density at radius 3 is 2.65 bits per heavy atom. The summed E-state index contributed by atoms with van der Waals surface area (Å²) in [6.45, 7) is 5.75. The second-order valence-corrected chi connectivity index (χ2v) is 7.83. The summed E-state index contributed by atoms with van der Waals surface area (Å²) in [5.41, 5.74) is 2.16. The zero-order chi connectivity index (χ0) is 19.3. The molecule has 2 aromatic rings. The average Bonchev–Trinajstić information content (AvgIpc) is 2.59. The van der Waals surface area contributed by atoms with Crippen LogP contribution < -0.4 is 14.4 Å². The molecule has 0 unspecified atom stereocenters. The molecule has 0 aromatic heterocycles. The number of ether oxygens (including phenoxy) is 1. The number of hydrogen-bond donors (Lipinski definition) is 1. The first-order valence-corrected chi connectivity index (χ1v) is 9.77. The molecule has 26 heavy (non-hydrogen) atoms. The molecule has 0 heterocycles. The molecule has 2 rings (SSSR count). The van der Waals surface area contributed by atoms with Crippen LogP contribution in [-0.4, -0.2) is 34.2 Å². The molecule has 0 atom stereocenters. The lowest BCUT2D eigenvalue weighted by molar-refractivity contribution is 0.102. The maximum atomic E-state index is 12.5. The van der Waals surface area contributed by atoms with Crippen molar-refractivity contribution in [2.75, 3.05) is 29.5 Å². The summed E-state index contributed by atoms with van der Waals surface area (Å²) in [5, 5.41) is 2.79. The maximum Gasteiger partial charge on any atom is 0.255 e. The van der Waals surface area contributed by atoms with E-state index in [4.69, 9.17) is 4.74 Å². The first-order chi connectivity index (χ1) is 12.2. The van der Waals surface area contributed by atoms with Crippen molar-refractivity contribution in [3.05, 3.63) is 66.2 Å². The van der Waals surface area contributed by atoms with E-state index in [-0.39, 0.29) is 5.91 Å². The molecule has 0 saturated carbocycles. The van der Waals surface area contributed by atoms with Gasteiger partial charge < -0.3 is 10.1 Å². The molecular weight excluding hydrogens is 352 g/mol. The normalized spacial score (nSPS) is 10.9. The second kappa shape index (κ2) is 8.05. The van der Waals surface area contributed by atoms with Gasteiger partial charge in [0.15, 0.2) is 0 Å². The molecule has 0 spiro atoms. The molecule has 0 aliphatic carbocycles. The van der Waals surface area contributed by atoms with Crippen LogP contribution in [0, 0.1) is 6.92 Å². The molecule has 0 radical (unpaired) electrons. The van der Waals surface area contributed by atoms with Crippen LogP contribution in [0.3, 0.4) is 0 Å². The number of aryl methyl sites for hydroxylation is 1. The first-order valence-electron chi connectivity index (χ1n) is 7.92. The van der Waals surface area contributed by atoms with E-state index < -0.39 is 10.0 Å². The van der Waals surface area contributed by atoms with Gasteiger partial charge in [-0.1, -0.05) is 24.8 Å². The van der Waals surface area contributed by atoms with Gasteiger partial charge in [0.05, 0.1) is 11.9 Å². The molecule has 6 nitrogen and oxygen atoms in total. The zero-order valence-electron chi connectivity index (χ0n) is 15.0.